The summed E-state index contributed by atoms with van der Waals surface area (Å²) < 4.78 is 1.34. The van der Waals surface area contributed by atoms with E-state index in [1.807, 2.05) is 18.2 Å². The summed E-state index contributed by atoms with van der Waals surface area (Å²) in [5.74, 6) is 0. The number of hydrogen-bond acceptors (Lipinski definition) is 2. The molecule has 0 saturated heterocycles. The maximum absolute atomic E-state index is 9.01. The van der Waals surface area contributed by atoms with Gasteiger partial charge in [-0.25, -0.2) is 0 Å². The topological polar surface area (TPSA) is 47.6 Å². The second-order valence-electron chi connectivity index (χ2n) is 5.02. The third kappa shape index (κ3) is 6.60. The van der Waals surface area contributed by atoms with Crippen LogP contribution in [0.25, 0.3) is 0 Å². The normalized spacial score (nSPS) is 11.9. The van der Waals surface area contributed by atoms with Crippen LogP contribution in [-0.4, -0.2) is 0 Å². The lowest BCUT2D eigenvalue weighted by atomic mass is 10.0. The lowest BCUT2D eigenvalue weighted by Crippen LogP contribution is -1.89. The molecule has 0 aromatic heterocycles. The molecule has 21 heavy (non-hydrogen) atoms. The van der Waals surface area contributed by atoms with Gasteiger partial charge in [-0.05, 0) is 83.4 Å². The van der Waals surface area contributed by atoms with Crippen LogP contribution in [0.4, 0.5) is 0 Å². The molecular formula is C18H19IN2. The zero-order valence-electron chi connectivity index (χ0n) is 12.5. The largest absolute Gasteiger partial charge is 0.192 e. The summed E-state index contributed by atoms with van der Waals surface area (Å²) in [5.41, 5.74) is 3.43. The zero-order valence-corrected chi connectivity index (χ0v) is 14.6. The first-order valence-electron chi connectivity index (χ1n) is 6.98. The minimum Gasteiger partial charge on any atom is -0.192 e. The molecule has 0 aliphatic carbocycles. The highest BCUT2D eigenvalue weighted by Gasteiger charge is 2.02. The van der Waals surface area contributed by atoms with E-state index < -0.39 is 0 Å². The fourth-order valence-corrected chi connectivity index (χ4v) is 2.33. The molecule has 0 N–H and O–H groups in total. The van der Waals surface area contributed by atoms with E-state index in [1.54, 1.807) is 6.07 Å². The molecule has 3 heteroatoms. The minimum atomic E-state index is 0.453. The van der Waals surface area contributed by atoms with Crippen LogP contribution in [0, 0.1) is 22.7 Å². The number of allylic oxidation sites excluding steroid dienone is 4. The van der Waals surface area contributed by atoms with Crippen LogP contribution in [0.1, 0.15) is 49.8 Å². The van der Waals surface area contributed by atoms with Crippen LogP contribution in [0.2, 0.25) is 0 Å². The molecule has 0 aliphatic rings. The van der Waals surface area contributed by atoms with Gasteiger partial charge in [-0.1, -0.05) is 23.8 Å². The van der Waals surface area contributed by atoms with Crippen LogP contribution < -0.4 is 0 Å². The van der Waals surface area contributed by atoms with Crippen molar-refractivity contribution >= 4 is 22.6 Å². The van der Waals surface area contributed by atoms with E-state index in [0.29, 0.717) is 11.1 Å². The van der Waals surface area contributed by atoms with Crippen molar-refractivity contribution in [2.75, 3.05) is 0 Å². The number of aryl methyl sites for hydroxylation is 1. The number of nitrogens with zero attached hydrogens (tertiary/aromatic N) is 2. The van der Waals surface area contributed by atoms with Gasteiger partial charge in [0.05, 0.1) is 11.1 Å². The average molecular weight is 390 g/mol. The van der Waals surface area contributed by atoms with E-state index in [-0.39, 0.29) is 0 Å². The van der Waals surface area contributed by atoms with E-state index in [9.17, 15) is 0 Å². The van der Waals surface area contributed by atoms with Crippen LogP contribution in [0.3, 0.4) is 0 Å². The van der Waals surface area contributed by atoms with Gasteiger partial charge < -0.3 is 0 Å². The Morgan fingerprint density at radius 3 is 2.43 bits per heavy atom. The van der Waals surface area contributed by atoms with Gasteiger partial charge in [-0.15, -0.1) is 0 Å². The van der Waals surface area contributed by atoms with E-state index in [1.165, 1.54) is 9.15 Å². The second kappa shape index (κ2) is 9.37. The molecule has 1 rings (SSSR count). The van der Waals surface area contributed by atoms with Gasteiger partial charge in [0.1, 0.15) is 12.1 Å². The summed E-state index contributed by atoms with van der Waals surface area (Å²) in [4.78, 5) is 0. The van der Waals surface area contributed by atoms with Gasteiger partial charge in [0.2, 0.25) is 0 Å². The first-order valence-corrected chi connectivity index (χ1v) is 8.05. The minimum absolute atomic E-state index is 0.453. The Morgan fingerprint density at radius 2 is 1.81 bits per heavy atom. The first kappa shape index (κ1) is 17.5. The Morgan fingerprint density at radius 1 is 1.10 bits per heavy atom. The van der Waals surface area contributed by atoms with E-state index in [4.69, 9.17) is 10.5 Å². The van der Waals surface area contributed by atoms with E-state index >= 15 is 0 Å². The molecule has 1 aromatic rings. The fraction of sp³-hybridized carbons (Fsp3) is 0.333. The molecule has 2 nitrogen and oxygen atoms in total. The third-order valence-electron chi connectivity index (χ3n) is 3.21. The van der Waals surface area contributed by atoms with E-state index in [2.05, 4.69) is 54.7 Å². The van der Waals surface area contributed by atoms with Crippen LogP contribution in [0.15, 0.2) is 39.5 Å². The Hall–Kier alpha value is -1.59. The smallest absolute Gasteiger partial charge is 0.101 e. The predicted molar refractivity (Wildman–Crippen MR) is 95.0 cm³/mol. The van der Waals surface area contributed by atoms with Gasteiger partial charge in [-0.3, -0.25) is 0 Å². The van der Waals surface area contributed by atoms with Gasteiger partial charge in [0, 0.05) is 0 Å². The first-order chi connectivity index (χ1) is 10.1. The van der Waals surface area contributed by atoms with Crippen molar-refractivity contribution in [2.24, 2.45) is 0 Å². The molecule has 0 radical (unpaired) electrons. The molecule has 0 spiro atoms. The zero-order chi connectivity index (χ0) is 15.7. The van der Waals surface area contributed by atoms with Crippen molar-refractivity contribution in [3.8, 4) is 12.1 Å². The highest BCUT2D eigenvalue weighted by Crippen LogP contribution is 2.14. The third-order valence-corrected chi connectivity index (χ3v) is 3.66. The van der Waals surface area contributed by atoms with Crippen molar-refractivity contribution < 1.29 is 0 Å². The molecule has 0 unspecified atom stereocenters. The molecule has 0 amide bonds. The van der Waals surface area contributed by atoms with Crippen molar-refractivity contribution in [3.63, 3.8) is 0 Å². The Balaban J connectivity index is 2.54. The molecule has 1 aromatic carbocycles. The van der Waals surface area contributed by atoms with Crippen LogP contribution in [0.5, 0.6) is 0 Å². The van der Waals surface area contributed by atoms with Crippen molar-refractivity contribution in [3.05, 3.63) is 56.2 Å². The molecular weight excluding hydrogens is 371 g/mol. The second-order valence-corrected chi connectivity index (χ2v) is 6.72. The molecule has 0 saturated carbocycles. The Kier molecular flexibility index (Phi) is 7.79. The highest BCUT2D eigenvalue weighted by atomic mass is 127. The van der Waals surface area contributed by atoms with E-state index in [0.717, 1.165) is 31.2 Å². The van der Waals surface area contributed by atoms with Gasteiger partial charge in [0.25, 0.3) is 0 Å². The number of hydrogen-bond donors (Lipinski definition) is 0. The number of benzene rings is 1. The van der Waals surface area contributed by atoms with Gasteiger partial charge in [-0.2, -0.15) is 10.5 Å². The Labute approximate surface area is 140 Å². The standard InChI is InChI=1S/C18H19IN2/c1-14(5-3-7-15(2)19)6-4-8-16-9-10-17(12-20)18(11-16)13-21/h6-7,9-11H,3-5,8H2,1-2H3/b14-6+,15-7+. The molecule has 0 heterocycles. The lowest BCUT2D eigenvalue weighted by molar-refractivity contribution is 0.929. The number of halogens is 1. The summed E-state index contributed by atoms with van der Waals surface area (Å²) in [5, 5.41) is 17.9. The maximum Gasteiger partial charge on any atom is 0.101 e. The number of nitriles is 2. The SMILES string of the molecule is C/C(I)=C\CC/C(C)=C/CCc1ccc(C#N)c(C#N)c1. The van der Waals surface area contributed by atoms with Crippen molar-refractivity contribution in [1.29, 1.82) is 10.5 Å². The fourth-order valence-electron chi connectivity index (χ4n) is 2.02. The quantitative estimate of drug-likeness (QED) is 0.481. The maximum atomic E-state index is 9.01. The average Bonchev–Trinajstić information content (AvgIpc) is 2.46. The summed E-state index contributed by atoms with van der Waals surface area (Å²) >= 11 is 2.33. The number of rotatable bonds is 6. The summed E-state index contributed by atoms with van der Waals surface area (Å²) in [7, 11) is 0. The van der Waals surface area contributed by atoms with Crippen molar-refractivity contribution in [2.45, 2.75) is 39.5 Å². The molecule has 0 atom stereocenters. The summed E-state index contributed by atoms with van der Waals surface area (Å²) in [6.07, 6.45) is 8.57. The summed E-state index contributed by atoms with van der Waals surface area (Å²) in [6, 6.07) is 9.61. The predicted octanol–water partition coefficient (Wildman–Crippen LogP) is 5.43. The summed E-state index contributed by atoms with van der Waals surface area (Å²) in [6.45, 7) is 4.27. The monoisotopic (exact) mass is 390 g/mol. The van der Waals surface area contributed by atoms with Gasteiger partial charge >= 0.3 is 0 Å². The van der Waals surface area contributed by atoms with Gasteiger partial charge in [0.15, 0.2) is 0 Å². The van der Waals surface area contributed by atoms with Crippen molar-refractivity contribution in [1.82, 2.24) is 0 Å². The molecule has 108 valence electrons. The lowest BCUT2D eigenvalue weighted by Gasteiger charge is -2.02. The van der Waals surface area contributed by atoms with Crippen LogP contribution in [-0.2, 0) is 6.42 Å². The molecule has 0 aliphatic heterocycles. The Bertz CT molecular complexity index is 624. The van der Waals surface area contributed by atoms with Crippen LogP contribution >= 0.6 is 22.6 Å². The molecule has 0 bridgehead atoms. The molecule has 0 fully saturated rings. The highest BCUT2D eigenvalue weighted by molar-refractivity contribution is 14.1.